The third-order valence-corrected chi connectivity index (χ3v) is 4.34. The molecule has 1 aliphatic rings. The second-order valence-electron chi connectivity index (χ2n) is 4.78. The number of thiazole rings is 1. The SMILES string of the molecule is FC1(F)[C-]=C(c2nc3ccccc3s2)C(F)(F)C(F)(F)C1(F)F.[Ir]. The van der Waals surface area contributed by atoms with Crippen LogP contribution < -0.4 is 0 Å². The van der Waals surface area contributed by atoms with Gasteiger partial charge in [0.1, 0.15) is 0 Å². The maximum atomic E-state index is 13.8. The summed E-state index contributed by atoms with van der Waals surface area (Å²) in [5.74, 6) is -23.7. The minimum Gasteiger partial charge on any atom is -0.332 e. The fourth-order valence-corrected chi connectivity index (χ4v) is 3.03. The van der Waals surface area contributed by atoms with Crippen LogP contribution in [0.3, 0.4) is 0 Å². The smallest absolute Gasteiger partial charge is 0.332 e. The number of benzene rings is 1. The number of para-hydroxylation sites is 1. The Bertz CT molecular complexity index is 780. The summed E-state index contributed by atoms with van der Waals surface area (Å²) in [5, 5.41) is -0.911. The van der Waals surface area contributed by atoms with Crippen molar-refractivity contribution in [3.8, 4) is 0 Å². The molecule has 0 unspecified atom stereocenters. The molecule has 1 aromatic carbocycles. The third-order valence-electron chi connectivity index (χ3n) is 3.29. The van der Waals surface area contributed by atoms with E-state index in [9.17, 15) is 35.1 Å². The normalized spacial score (nSPS) is 23.4. The number of aromatic nitrogens is 1. The average Bonchev–Trinajstić information content (AvgIpc) is 2.86. The van der Waals surface area contributed by atoms with Crippen molar-refractivity contribution >= 4 is 27.1 Å². The molecule has 1 nitrogen and oxygen atoms in total. The molecule has 0 atom stereocenters. The van der Waals surface area contributed by atoms with Crippen molar-refractivity contribution in [2.24, 2.45) is 0 Å². The van der Waals surface area contributed by atoms with Crippen molar-refractivity contribution in [2.45, 2.75) is 23.7 Å². The summed E-state index contributed by atoms with van der Waals surface area (Å²) in [5.41, 5.74) is -1.94. The molecule has 0 fully saturated rings. The Hall–Kier alpha value is -1.06. The van der Waals surface area contributed by atoms with E-state index in [0.717, 1.165) is 0 Å². The van der Waals surface area contributed by atoms with E-state index in [2.05, 4.69) is 4.98 Å². The Balaban J connectivity index is 0.00000208. The first kappa shape index (κ1) is 19.3. The van der Waals surface area contributed by atoms with E-state index >= 15 is 0 Å². The predicted molar refractivity (Wildman–Crippen MR) is 66.1 cm³/mol. The molecule has 1 aromatic heterocycles. The van der Waals surface area contributed by atoms with Crippen molar-refractivity contribution in [3.05, 3.63) is 35.3 Å². The van der Waals surface area contributed by atoms with Gasteiger partial charge in [-0.25, -0.2) is 20.1 Å². The Morgan fingerprint density at radius 3 is 2.04 bits per heavy atom. The van der Waals surface area contributed by atoms with E-state index in [0.29, 0.717) is 17.4 Å². The van der Waals surface area contributed by atoms with E-state index in [1.807, 2.05) is 0 Å². The van der Waals surface area contributed by atoms with Crippen LogP contribution in [0.4, 0.5) is 35.1 Å². The zero-order chi connectivity index (χ0) is 17.3. The summed E-state index contributed by atoms with van der Waals surface area (Å²) < 4.78 is 107. The van der Waals surface area contributed by atoms with Crippen LogP contribution >= 0.6 is 11.3 Å². The Morgan fingerprint density at radius 1 is 0.875 bits per heavy atom. The molecule has 0 spiro atoms. The van der Waals surface area contributed by atoms with E-state index in [4.69, 9.17) is 0 Å². The fraction of sp³-hybridized carbons (Fsp3) is 0.308. The van der Waals surface area contributed by atoms with Crippen LogP contribution in [-0.2, 0) is 20.1 Å². The van der Waals surface area contributed by atoms with Crippen molar-refractivity contribution in [1.82, 2.24) is 4.98 Å². The van der Waals surface area contributed by atoms with Crippen molar-refractivity contribution in [2.75, 3.05) is 0 Å². The summed E-state index contributed by atoms with van der Waals surface area (Å²) in [6.45, 7) is 0. The number of hydrogen-bond donors (Lipinski definition) is 0. The van der Waals surface area contributed by atoms with Gasteiger partial charge in [0.25, 0.3) is 5.92 Å². The molecule has 0 amide bonds. The molecule has 2 aromatic rings. The van der Waals surface area contributed by atoms with Gasteiger partial charge in [0, 0.05) is 24.8 Å². The first-order valence-corrected chi connectivity index (χ1v) is 6.76. The first-order chi connectivity index (χ1) is 10.4. The Labute approximate surface area is 146 Å². The number of hydrogen-bond acceptors (Lipinski definition) is 2. The number of allylic oxidation sites excluding steroid dienone is 2. The maximum absolute atomic E-state index is 13.8. The number of fused-ring (bicyclic) bond motifs is 1. The van der Waals surface area contributed by atoms with Crippen LogP contribution in [0, 0.1) is 6.08 Å². The maximum Gasteiger partial charge on any atom is 0.378 e. The second-order valence-corrected chi connectivity index (χ2v) is 5.81. The average molecular weight is 550 g/mol. The van der Waals surface area contributed by atoms with E-state index in [-0.39, 0.29) is 30.3 Å². The fourth-order valence-electron chi connectivity index (χ4n) is 2.03. The van der Waals surface area contributed by atoms with E-state index < -0.39 is 34.3 Å². The molecule has 0 bridgehead atoms. The third kappa shape index (κ3) is 2.32. The minimum absolute atomic E-state index is 0. The number of alkyl halides is 8. The minimum atomic E-state index is -6.29. The predicted octanol–water partition coefficient (Wildman–Crippen LogP) is 5.04. The summed E-state index contributed by atoms with van der Waals surface area (Å²) in [6.07, 6.45) is 0.557. The topological polar surface area (TPSA) is 12.9 Å². The van der Waals surface area contributed by atoms with Crippen LogP contribution in [0.2, 0.25) is 0 Å². The quantitative estimate of drug-likeness (QED) is 0.359. The van der Waals surface area contributed by atoms with Gasteiger partial charge in [0.2, 0.25) is 0 Å². The van der Waals surface area contributed by atoms with Gasteiger partial charge in [-0.05, 0) is 17.1 Å². The molecule has 0 saturated heterocycles. The zero-order valence-corrected chi connectivity index (χ0v) is 14.2. The molecular weight excluding hydrogens is 546 g/mol. The summed E-state index contributed by atoms with van der Waals surface area (Å²) in [4.78, 5) is 3.54. The molecular formula is C13H4F8IrNS-. The van der Waals surface area contributed by atoms with Gasteiger partial charge in [-0.3, -0.25) is 0 Å². The molecule has 11 heteroatoms. The van der Waals surface area contributed by atoms with Crippen molar-refractivity contribution in [3.63, 3.8) is 0 Å². The number of nitrogens with zero attached hydrogens (tertiary/aromatic N) is 1. The van der Waals surface area contributed by atoms with Gasteiger partial charge in [-0.15, -0.1) is 5.57 Å². The van der Waals surface area contributed by atoms with Gasteiger partial charge in [0.05, 0.1) is 5.52 Å². The molecule has 1 radical (unpaired) electrons. The van der Waals surface area contributed by atoms with Crippen LogP contribution in [0.5, 0.6) is 0 Å². The molecule has 24 heavy (non-hydrogen) atoms. The number of halogens is 8. The molecule has 0 saturated carbocycles. The van der Waals surface area contributed by atoms with Crippen molar-refractivity contribution in [1.29, 1.82) is 0 Å². The molecule has 0 aliphatic heterocycles. The van der Waals surface area contributed by atoms with E-state index in [1.165, 1.54) is 24.3 Å². The van der Waals surface area contributed by atoms with Crippen LogP contribution in [0.15, 0.2) is 24.3 Å². The van der Waals surface area contributed by atoms with Gasteiger partial charge in [-0.1, -0.05) is 12.1 Å². The first-order valence-electron chi connectivity index (χ1n) is 5.94. The van der Waals surface area contributed by atoms with Crippen LogP contribution in [-0.4, -0.2) is 28.7 Å². The van der Waals surface area contributed by atoms with Gasteiger partial charge in [-0.2, -0.15) is 32.4 Å². The van der Waals surface area contributed by atoms with Gasteiger partial charge >= 0.3 is 17.8 Å². The Morgan fingerprint density at radius 2 is 1.46 bits per heavy atom. The number of rotatable bonds is 1. The molecule has 1 aliphatic carbocycles. The van der Waals surface area contributed by atoms with Crippen LogP contribution in [0.1, 0.15) is 5.01 Å². The molecule has 1 heterocycles. The van der Waals surface area contributed by atoms with Crippen molar-refractivity contribution < 1.29 is 55.2 Å². The summed E-state index contributed by atoms with van der Waals surface area (Å²) in [7, 11) is 0. The standard InChI is InChI=1S/C13H4F8NS.Ir/c14-10(15)5-6(11(16,17)13(20,21)12(10,18)19)9-22-7-3-1-2-4-8(7)23-9;/h1-4H;/q-1;. The summed E-state index contributed by atoms with van der Waals surface area (Å²) in [6, 6.07) is 5.67. The molecule has 0 N–H and O–H groups in total. The Kier molecular flexibility index (Phi) is 4.39. The second kappa shape index (κ2) is 5.47. The zero-order valence-electron chi connectivity index (χ0n) is 11.0. The van der Waals surface area contributed by atoms with Crippen LogP contribution in [0.25, 0.3) is 15.8 Å². The monoisotopic (exact) mass is 551 g/mol. The molecule has 133 valence electrons. The van der Waals surface area contributed by atoms with E-state index in [1.54, 1.807) is 0 Å². The summed E-state index contributed by atoms with van der Waals surface area (Å²) >= 11 is 0.405. The molecule has 3 rings (SSSR count). The van der Waals surface area contributed by atoms with Gasteiger partial charge in [0.15, 0.2) is 0 Å². The largest absolute Gasteiger partial charge is 0.378 e. The van der Waals surface area contributed by atoms with Gasteiger partial charge < -0.3 is 4.98 Å².